The van der Waals surface area contributed by atoms with Gasteiger partial charge in [-0.05, 0) is 48.8 Å². The number of imidazole rings is 1. The number of H-pyrrole nitrogens is 1. The number of amides is 1. The van der Waals surface area contributed by atoms with Crippen LogP contribution in [0.15, 0.2) is 24.4 Å². The van der Waals surface area contributed by atoms with Crippen molar-refractivity contribution in [2.24, 2.45) is 5.92 Å². The van der Waals surface area contributed by atoms with E-state index in [-0.39, 0.29) is 12.1 Å². The summed E-state index contributed by atoms with van der Waals surface area (Å²) in [6.07, 6.45) is 3.32. The van der Waals surface area contributed by atoms with Crippen molar-refractivity contribution >= 4 is 48.0 Å². The number of likely N-dealkylation sites (tertiary alicyclic amines) is 1. The number of aryl methyl sites for hydroxylation is 1. The molecule has 12 heteroatoms. The highest BCUT2D eigenvalue weighted by molar-refractivity contribution is 6.36. The zero-order valence-electron chi connectivity index (χ0n) is 19.7. The lowest BCUT2D eigenvalue weighted by Crippen LogP contribution is -2.48. The SMILES string of the molecule is [B]c1cnn2c(NCc3nc4ccc(C)cc4[nH]3)nc(N3C[C@@H]4CCCN(C(=O)OC)[C@@H]4C3)nc12. The number of carbonyl (C=O) groups excluding carboxylic acids is 1. The Morgan fingerprint density at radius 1 is 1.29 bits per heavy atom. The Morgan fingerprint density at radius 3 is 3.03 bits per heavy atom. The number of methoxy groups -OCH3 is 1. The van der Waals surface area contributed by atoms with E-state index >= 15 is 0 Å². The fourth-order valence-electron chi connectivity index (χ4n) is 5.25. The van der Waals surface area contributed by atoms with Crippen LogP contribution in [0.1, 0.15) is 24.2 Å². The van der Waals surface area contributed by atoms with Crippen molar-refractivity contribution in [1.29, 1.82) is 0 Å². The van der Waals surface area contributed by atoms with Crippen LogP contribution in [0.3, 0.4) is 0 Å². The smallest absolute Gasteiger partial charge is 0.409 e. The van der Waals surface area contributed by atoms with Crippen molar-refractivity contribution in [3.8, 4) is 0 Å². The summed E-state index contributed by atoms with van der Waals surface area (Å²) in [5, 5.41) is 7.70. The highest BCUT2D eigenvalue weighted by Gasteiger charge is 2.42. The van der Waals surface area contributed by atoms with E-state index in [2.05, 4.69) is 38.3 Å². The van der Waals surface area contributed by atoms with Gasteiger partial charge >= 0.3 is 6.09 Å². The number of fused-ring (bicyclic) bond motifs is 3. The molecule has 6 rings (SSSR count). The second kappa shape index (κ2) is 8.44. The molecule has 0 bridgehead atoms. The number of benzene rings is 1. The number of anilines is 2. The predicted octanol–water partition coefficient (Wildman–Crippen LogP) is 1.38. The maximum Gasteiger partial charge on any atom is 0.409 e. The summed E-state index contributed by atoms with van der Waals surface area (Å²) in [5.41, 5.74) is 4.10. The number of carbonyl (C=O) groups is 1. The molecule has 2 aliphatic heterocycles. The van der Waals surface area contributed by atoms with Gasteiger partial charge in [-0.1, -0.05) is 6.07 Å². The Balaban J connectivity index is 1.28. The van der Waals surface area contributed by atoms with Crippen molar-refractivity contribution in [1.82, 2.24) is 34.4 Å². The van der Waals surface area contributed by atoms with Gasteiger partial charge in [-0.3, -0.25) is 0 Å². The molecule has 2 atom stereocenters. The maximum atomic E-state index is 12.3. The first-order valence-corrected chi connectivity index (χ1v) is 11.8. The molecule has 2 aliphatic rings. The van der Waals surface area contributed by atoms with Crippen molar-refractivity contribution < 1.29 is 9.53 Å². The van der Waals surface area contributed by atoms with Crippen molar-refractivity contribution in [3.05, 3.63) is 35.8 Å². The van der Waals surface area contributed by atoms with Crippen LogP contribution in [0, 0.1) is 12.8 Å². The Morgan fingerprint density at radius 2 is 2.17 bits per heavy atom. The summed E-state index contributed by atoms with van der Waals surface area (Å²) in [7, 11) is 7.60. The Labute approximate surface area is 203 Å². The molecular weight excluding hydrogens is 445 g/mol. The monoisotopic (exact) mass is 471 g/mol. The van der Waals surface area contributed by atoms with Crippen LogP contribution in [0.5, 0.6) is 0 Å². The van der Waals surface area contributed by atoms with Crippen LogP contribution in [-0.2, 0) is 11.3 Å². The van der Waals surface area contributed by atoms with Gasteiger partial charge in [0.15, 0.2) is 5.65 Å². The topological polar surface area (TPSA) is 117 Å². The standard InChI is InChI=1S/C23H26BN9O2/c1-13-5-6-16-17(8-13)28-19(27-16)10-25-21-30-22(29-20-15(24)9-26-33(20)21)31-11-14-4-3-7-32(18(14)12-31)23(34)35-2/h5-6,8-9,14,18H,3-4,7,10-12H2,1-2H3,(H,27,28)(H,25,29,30)/t14-,18+/m0/s1. The minimum atomic E-state index is -0.277. The summed E-state index contributed by atoms with van der Waals surface area (Å²) in [6, 6.07) is 6.20. The summed E-state index contributed by atoms with van der Waals surface area (Å²) in [6.45, 7) is 4.61. The van der Waals surface area contributed by atoms with E-state index in [0.29, 0.717) is 48.6 Å². The first kappa shape index (κ1) is 21.7. The minimum Gasteiger partial charge on any atom is -0.453 e. The number of hydrogen-bond donors (Lipinski definition) is 2. The molecule has 1 aromatic carbocycles. The molecule has 2 fully saturated rings. The van der Waals surface area contributed by atoms with Crippen LogP contribution < -0.4 is 15.7 Å². The van der Waals surface area contributed by atoms with Gasteiger partial charge in [-0.2, -0.15) is 19.6 Å². The second-order valence-corrected chi connectivity index (χ2v) is 9.28. The van der Waals surface area contributed by atoms with E-state index in [4.69, 9.17) is 22.6 Å². The summed E-state index contributed by atoms with van der Waals surface area (Å²) >= 11 is 0. The Hall–Kier alpha value is -3.83. The highest BCUT2D eigenvalue weighted by Crippen LogP contribution is 2.33. The lowest BCUT2D eigenvalue weighted by Gasteiger charge is -2.35. The molecule has 0 spiro atoms. The summed E-state index contributed by atoms with van der Waals surface area (Å²) in [5.74, 6) is 2.23. The molecular formula is C23H26BN9O2. The number of aromatic amines is 1. The maximum absolute atomic E-state index is 12.3. The van der Waals surface area contributed by atoms with Crippen LogP contribution in [0.4, 0.5) is 16.7 Å². The van der Waals surface area contributed by atoms with Crippen molar-refractivity contribution in [3.63, 3.8) is 0 Å². The highest BCUT2D eigenvalue weighted by atomic mass is 16.5. The van der Waals surface area contributed by atoms with Gasteiger partial charge in [-0.25, -0.2) is 9.78 Å². The van der Waals surface area contributed by atoms with Crippen LogP contribution >= 0.6 is 0 Å². The fourth-order valence-corrected chi connectivity index (χ4v) is 5.25. The third kappa shape index (κ3) is 3.82. The number of rotatable bonds is 4. The Bertz CT molecular complexity index is 1420. The molecule has 0 saturated carbocycles. The summed E-state index contributed by atoms with van der Waals surface area (Å²) < 4.78 is 6.62. The average molecular weight is 471 g/mol. The lowest BCUT2D eigenvalue weighted by atomic mass is 9.92. The third-order valence-corrected chi connectivity index (χ3v) is 6.96. The van der Waals surface area contributed by atoms with Gasteiger partial charge in [0.25, 0.3) is 0 Å². The zero-order chi connectivity index (χ0) is 24.1. The van der Waals surface area contributed by atoms with E-state index in [1.54, 1.807) is 10.7 Å². The predicted molar refractivity (Wildman–Crippen MR) is 132 cm³/mol. The van der Waals surface area contributed by atoms with Gasteiger partial charge in [0.05, 0.1) is 30.7 Å². The zero-order valence-corrected chi connectivity index (χ0v) is 19.7. The van der Waals surface area contributed by atoms with Crippen LogP contribution in [-0.4, -0.2) is 81.2 Å². The number of aromatic nitrogens is 6. The van der Waals surface area contributed by atoms with E-state index in [1.807, 2.05) is 17.0 Å². The molecule has 1 amide bonds. The van der Waals surface area contributed by atoms with Crippen LogP contribution in [0.25, 0.3) is 16.7 Å². The number of hydrogen-bond acceptors (Lipinski definition) is 8. The molecule has 3 aromatic heterocycles. The molecule has 0 unspecified atom stereocenters. The molecule has 5 heterocycles. The molecule has 11 nitrogen and oxygen atoms in total. The largest absolute Gasteiger partial charge is 0.453 e. The molecule has 2 saturated heterocycles. The van der Waals surface area contributed by atoms with Gasteiger partial charge in [0.2, 0.25) is 11.9 Å². The molecule has 178 valence electrons. The van der Waals surface area contributed by atoms with Crippen LogP contribution in [0.2, 0.25) is 0 Å². The number of piperidine rings is 1. The first-order chi connectivity index (χ1) is 17.0. The van der Waals surface area contributed by atoms with Gasteiger partial charge in [0, 0.05) is 25.8 Å². The van der Waals surface area contributed by atoms with Gasteiger partial charge < -0.3 is 24.8 Å². The first-order valence-electron chi connectivity index (χ1n) is 11.8. The molecule has 0 aliphatic carbocycles. The normalized spacial score (nSPS) is 19.9. The Kier molecular flexibility index (Phi) is 5.23. The fraction of sp³-hybridized carbons (Fsp3) is 0.435. The van der Waals surface area contributed by atoms with E-state index < -0.39 is 0 Å². The van der Waals surface area contributed by atoms with E-state index in [0.717, 1.165) is 36.2 Å². The second-order valence-electron chi connectivity index (χ2n) is 9.28. The number of nitrogens with one attached hydrogen (secondary N) is 2. The van der Waals surface area contributed by atoms with E-state index in [1.165, 1.54) is 12.7 Å². The number of nitrogens with zero attached hydrogens (tertiary/aromatic N) is 7. The van der Waals surface area contributed by atoms with Crippen molar-refractivity contribution in [2.45, 2.75) is 32.4 Å². The third-order valence-electron chi connectivity index (χ3n) is 6.96. The number of ether oxygens (including phenoxy) is 1. The van der Waals surface area contributed by atoms with E-state index in [9.17, 15) is 4.79 Å². The van der Waals surface area contributed by atoms with Gasteiger partial charge in [0.1, 0.15) is 13.7 Å². The van der Waals surface area contributed by atoms with Gasteiger partial charge in [-0.15, -0.1) is 0 Å². The molecule has 4 aromatic rings. The molecule has 2 radical (unpaired) electrons. The summed E-state index contributed by atoms with van der Waals surface area (Å²) in [4.78, 5) is 33.8. The quantitative estimate of drug-likeness (QED) is 0.429. The lowest BCUT2D eigenvalue weighted by molar-refractivity contribution is 0.0812. The molecule has 35 heavy (non-hydrogen) atoms. The molecule has 2 N–H and O–H groups in total. The van der Waals surface area contributed by atoms with Crippen molar-refractivity contribution in [2.75, 3.05) is 37.0 Å². The minimum absolute atomic E-state index is 0.0775. The average Bonchev–Trinajstić information content (AvgIpc) is 3.58.